The van der Waals surface area contributed by atoms with E-state index in [9.17, 15) is 14.0 Å². The van der Waals surface area contributed by atoms with Crippen LogP contribution < -0.4 is 5.32 Å². The summed E-state index contributed by atoms with van der Waals surface area (Å²) in [6.45, 7) is -0.0644. The van der Waals surface area contributed by atoms with Gasteiger partial charge in [0.2, 0.25) is 5.91 Å². The molecule has 0 fully saturated rings. The first-order chi connectivity index (χ1) is 14.6. The molecule has 30 heavy (non-hydrogen) atoms. The van der Waals surface area contributed by atoms with Gasteiger partial charge in [-0.25, -0.2) is 19.0 Å². The van der Waals surface area contributed by atoms with E-state index in [1.54, 1.807) is 47.3 Å². The number of hydrogen-bond acceptors (Lipinski definition) is 6. The molecule has 0 atom stereocenters. The highest BCUT2D eigenvalue weighted by atomic mass is 32.2. The number of aromatic nitrogens is 4. The lowest BCUT2D eigenvalue weighted by Gasteiger charge is -2.06. The second-order valence-corrected chi connectivity index (χ2v) is 7.27. The molecule has 0 aliphatic heterocycles. The molecule has 0 unspecified atom stereocenters. The number of Topliss-reactive ketones (excluding diaryl/α,β-unsaturated/α-hetero) is 1. The topological polar surface area (TPSA) is 89.8 Å². The van der Waals surface area contributed by atoms with E-state index >= 15 is 0 Å². The molecule has 4 aromatic rings. The summed E-state index contributed by atoms with van der Waals surface area (Å²) < 4.78 is 14.8. The van der Waals surface area contributed by atoms with Crippen molar-refractivity contribution in [3.8, 4) is 5.69 Å². The molecule has 0 aliphatic rings. The van der Waals surface area contributed by atoms with Gasteiger partial charge in [-0.15, -0.1) is 0 Å². The Bertz CT molecular complexity index is 1200. The molecule has 2 aromatic heterocycles. The fourth-order valence-electron chi connectivity index (χ4n) is 2.80. The molecule has 0 saturated heterocycles. The van der Waals surface area contributed by atoms with E-state index in [-0.39, 0.29) is 29.8 Å². The number of nitrogens with one attached hydrogen (secondary N) is 1. The highest BCUT2D eigenvalue weighted by Crippen LogP contribution is 2.25. The SMILES string of the molecule is O=C(CSc1ncnc2c1cnn2-c1ccc(F)cc1)NCC(=O)c1ccccc1. The predicted octanol–water partition coefficient (Wildman–Crippen LogP) is 3.05. The molecule has 0 aliphatic carbocycles. The minimum atomic E-state index is -0.335. The molecule has 0 bridgehead atoms. The van der Waals surface area contributed by atoms with Gasteiger partial charge < -0.3 is 5.32 Å². The lowest BCUT2D eigenvalue weighted by molar-refractivity contribution is -0.118. The quantitative estimate of drug-likeness (QED) is 0.280. The molecule has 0 spiro atoms. The van der Waals surface area contributed by atoms with Crippen molar-refractivity contribution in [1.29, 1.82) is 0 Å². The summed E-state index contributed by atoms with van der Waals surface area (Å²) in [5.74, 6) is -0.672. The average Bonchev–Trinajstić information content (AvgIpc) is 3.22. The van der Waals surface area contributed by atoms with Crippen LogP contribution in [0.25, 0.3) is 16.7 Å². The number of nitrogens with zero attached hydrogens (tertiary/aromatic N) is 4. The lowest BCUT2D eigenvalue weighted by Crippen LogP contribution is -2.30. The third kappa shape index (κ3) is 4.36. The predicted molar refractivity (Wildman–Crippen MR) is 111 cm³/mol. The molecular formula is C21H16FN5O2S. The molecule has 0 radical (unpaired) electrons. The maximum Gasteiger partial charge on any atom is 0.230 e. The van der Waals surface area contributed by atoms with Crippen LogP contribution in [0.4, 0.5) is 4.39 Å². The van der Waals surface area contributed by atoms with E-state index < -0.39 is 0 Å². The Labute approximate surface area is 175 Å². The number of carbonyl (C=O) groups excluding carboxylic acids is 2. The molecule has 1 amide bonds. The van der Waals surface area contributed by atoms with Gasteiger partial charge in [-0.1, -0.05) is 42.1 Å². The van der Waals surface area contributed by atoms with Crippen molar-refractivity contribution in [3.05, 3.63) is 78.5 Å². The first kappa shape index (κ1) is 19.7. The van der Waals surface area contributed by atoms with Crippen LogP contribution >= 0.6 is 11.8 Å². The average molecular weight is 421 g/mol. The van der Waals surface area contributed by atoms with Gasteiger partial charge in [-0.3, -0.25) is 9.59 Å². The number of halogens is 1. The van der Waals surface area contributed by atoms with E-state index in [4.69, 9.17) is 0 Å². The molecule has 1 N–H and O–H groups in total. The van der Waals surface area contributed by atoms with Gasteiger partial charge >= 0.3 is 0 Å². The highest BCUT2D eigenvalue weighted by molar-refractivity contribution is 8.00. The summed E-state index contributed by atoms with van der Waals surface area (Å²) in [5.41, 5.74) is 1.77. The van der Waals surface area contributed by atoms with E-state index in [0.29, 0.717) is 27.3 Å². The Balaban J connectivity index is 1.41. The van der Waals surface area contributed by atoms with E-state index in [2.05, 4.69) is 20.4 Å². The number of benzene rings is 2. The maximum atomic E-state index is 13.2. The number of fused-ring (bicyclic) bond motifs is 1. The maximum absolute atomic E-state index is 13.2. The van der Waals surface area contributed by atoms with Crippen LogP contribution in [-0.2, 0) is 4.79 Å². The fourth-order valence-corrected chi connectivity index (χ4v) is 3.59. The van der Waals surface area contributed by atoms with E-state index in [1.165, 1.54) is 30.2 Å². The number of rotatable bonds is 7. The molecule has 150 valence electrons. The standard InChI is InChI=1S/C21H16FN5O2S/c22-15-6-8-16(9-7-15)27-20-17(10-26-27)21(25-13-24-20)30-12-19(29)23-11-18(28)14-4-2-1-3-5-14/h1-10,13H,11-12H2,(H,23,29). The van der Waals surface area contributed by atoms with Gasteiger partial charge in [-0.2, -0.15) is 5.10 Å². The fraction of sp³-hybridized carbons (Fsp3) is 0.0952. The van der Waals surface area contributed by atoms with Crippen molar-refractivity contribution in [2.75, 3.05) is 12.3 Å². The Hall–Kier alpha value is -3.59. The van der Waals surface area contributed by atoms with Crippen molar-refractivity contribution in [2.24, 2.45) is 0 Å². The van der Waals surface area contributed by atoms with Crippen LogP contribution in [0.2, 0.25) is 0 Å². The Kier molecular flexibility index (Phi) is 5.80. The zero-order valence-corrected chi connectivity index (χ0v) is 16.5. The van der Waals surface area contributed by atoms with Crippen molar-refractivity contribution in [2.45, 2.75) is 5.03 Å². The van der Waals surface area contributed by atoms with Gasteiger partial charge in [0.1, 0.15) is 17.2 Å². The lowest BCUT2D eigenvalue weighted by atomic mass is 10.1. The number of carbonyl (C=O) groups is 2. The summed E-state index contributed by atoms with van der Waals surface area (Å²) in [5, 5.41) is 8.21. The number of ketones is 1. The first-order valence-corrected chi connectivity index (χ1v) is 10.0. The first-order valence-electron chi connectivity index (χ1n) is 9.04. The molecule has 2 aromatic carbocycles. The zero-order chi connectivity index (χ0) is 20.9. The minimum Gasteiger partial charge on any atom is -0.348 e. The summed E-state index contributed by atoms with van der Waals surface area (Å²) in [7, 11) is 0. The van der Waals surface area contributed by atoms with Gasteiger partial charge in [0.05, 0.1) is 29.6 Å². The van der Waals surface area contributed by atoms with Gasteiger partial charge in [0.25, 0.3) is 0 Å². The van der Waals surface area contributed by atoms with Crippen molar-refractivity contribution >= 4 is 34.5 Å². The monoisotopic (exact) mass is 421 g/mol. The number of hydrogen-bond donors (Lipinski definition) is 1. The summed E-state index contributed by atoms with van der Waals surface area (Å²) in [4.78, 5) is 32.7. The minimum absolute atomic E-state index is 0.0644. The van der Waals surface area contributed by atoms with Crippen LogP contribution in [0.3, 0.4) is 0 Å². The van der Waals surface area contributed by atoms with E-state index in [0.717, 1.165) is 0 Å². The second kappa shape index (κ2) is 8.83. The van der Waals surface area contributed by atoms with Crippen molar-refractivity contribution < 1.29 is 14.0 Å². The van der Waals surface area contributed by atoms with Crippen LogP contribution in [-0.4, -0.2) is 43.7 Å². The summed E-state index contributed by atoms with van der Waals surface area (Å²) in [6, 6.07) is 14.7. The highest BCUT2D eigenvalue weighted by Gasteiger charge is 2.14. The zero-order valence-electron chi connectivity index (χ0n) is 15.7. The van der Waals surface area contributed by atoms with E-state index in [1.807, 2.05) is 6.07 Å². The Morgan fingerprint density at radius 3 is 2.57 bits per heavy atom. The molecular weight excluding hydrogens is 405 g/mol. The van der Waals surface area contributed by atoms with Crippen LogP contribution in [0.15, 0.2) is 72.1 Å². The molecule has 2 heterocycles. The number of thioether (sulfide) groups is 1. The largest absolute Gasteiger partial charge is 0.348 e. The Morgan fingerprint density at radius 1 is 1.03 bits per heavy atom. The van der Waals surface area contributed by atoms with Gasteiger partial charge in [0.15, 0.2) is 11.4 Å². The molecule has 9 heteroatoms. The van der Waals surface area contributed by atoms with Crippen molar-refractivity contribution in [3.63, 3.8) is 0 Å². The summed E-state index contributed by atoms with van der Waals surface area (Å²) in [6.07, 6.45) is 3.00. The van der Waals surface area contributed by atoms with Gasteiger partial charge in [-0.05, 0) is 24.3 Å². The molecule has 0 saturated carbocycles. The van der Waals surface area contributed by atoms with Crippen LogP contribution in [0.5, 0.6) is 0 Å². The summed E-state index contributed by atoms with van der Waals surface area (Å²) >= 11 is 1.23. The smallest absolute Gasteiger partial charge is 0.230 e. The molecule has 7 nitrogen and oxygen atoms in total. The third-order valence-corrected chi connectivity index (χ3v) is 5.29. The van der Waals surface area contributed by atoms with Gasteiger partial charge in [0, 0.05) is 5.56 Å². The second-order valence-electron chi connectivity index (χ2n) is 6.30. The Morgan fingerprint density at radius 2 is 1.80 bits per heavy atom. The van der Waals surface area contributed by atoms with Crippen LogP contribution in [0.1, 0.15) is 10.4 Å². The van der Waals surface area contributed by atoms with Crippen molar-refractivity contribution in [1.82, 2.24) is 25.1 Å². The normalized spacial score (nSPS) is 10.8. The van der Waals surface area contributed by atoms with Crippen LogP contribution in [0, 0.1) is 5.82 Å². The number of amides is 1. The third-order valence-electron chi connectivity index (χ3n) is 4.28. The molecule has 4 rings (SSSR count).